The number of nitrogens with zero attached hydrogens (tertiary/aromatic N) is 1. The maximum Gasteiger partial charge on any atom is 0.240 e. The number of hydrogen-bond acceptors (Lipinski definition) is 3. The molecule has 0 aromatic heterocycles. The Morgan fingerprint density at radius 2 is 2.14 bits per heavy atom. The maximum absolute atomic E-state index is 12.5. The standard InChI is InChI=1S/C15H19ClN2O3S/c1-11(16)9-18(15(19)10-22(20,21)17-2)14-8-7-12-5-3-4-6-13(12)14/h3-6,14,17H,1,7-10H2,2H3/t14-/m0/s1. The third kappa shape index (κ3) is 3.88. The molecule has 0 saturated carbocycles. The lowest BCUT2D eigenvalue weighted by atomic mass is 10.1. The van der Waals surface area contributed by atoms with E-state index in [0.717, 1.165) is 18.4 Å². The lowest BCUT2D eigenvalue weighted by Crippen LogP contribution is -2.41. The Morgan fingerprint density at radius 1 is 1.45 bits per heavy atom. The Bertz CT molecular complexity index is 688. The van der Waals surface area contributed by atoms with Crippen LogP contribution >= 0.6 is 11.6 Å². The lowest BCUT2D eigenvalue weighted by Gasteiger charge is -2.29. The number of amides is 1. The summed E-state index contributed by atoms with van der Waals surface area (Å²) in [4.78, 5) is 14.0. The zero-order valence-electron chi connectivity index (χ0n) is 12.4. The van der Waals surface area contributed by atoms with Crippen molar-refractivity contribution in [2.75, 3.05) is 19.3 Å². The fourth-order valence-corrected chi connectivity index (χ4v) is 3.50. The minimum atomic E-state index is -3.62. The molecule has 120 valence electrons. The van der Waals surface area contributed by atoms with Crippen LogP contribution in [0.25, 0.3) is 0 Å². The molecule has 1 aromatic rings. The van der Waals surface area contributed by atoms with E-state index in [1.165, 1.54) is 17.5 Å². The van der Waals surface area contributed by atoms with Crippen LogP contribution in [-0.2, 0) is 21.2 Å². The monoisotopic (exact) mass is 342 g/mol. The van der Waals surface area contributed by atoms with E-state index in [1.54, 1.807) is 0 Å². The quantitative estimate of drug-likeness (QED) is 0.857. The Balaban J connectivity index is 2.28. The molecule has 22 heavy (non-hydrogen) atoms. The number of benzene rings is 1. The lowest BCUT2D eigenvalue weighted by molar-refractivity contribution is -0.130. The number of aryl methyl sites for hydroxylation is 1. The second kappa shape index (κ2) is 6.81. The van der Waals surface area contributed by atoms with Crippen LogP contribution in [0.15, 0.2) is 35.9 Å². The molecule has 1 aliphatic rings. The molecule has 0 spiro atoms. The van der Waals surface area contributed by atoms with Gasteiger partial charge in [0.05, 0.1) is 12.6 Å². The SMILES string of the molecule is C=C(Cl)CN(C(=O)CS(=O)(=O)NC)[C@H]1CCc2ccccc21. The molecule has 0 saturated heterocycles. The van der Waals surface area contributed by atoms with Gasteiger partial charge < -0.3 is 4.90 Å². The van der Waals surface area contributed by atoms with Crippen molar-refractivity contribution in [3.8, 4) is 0 Å². The number of sulfonamides is 1. The van der Waals surface area contributed by atoms with E-state index in [2.05, 4.69) is 11.3 Å². The van der Waals surface area contributed by atoms with Crippen LogP contribution < -0.4 is 4.72 Å². The zero-order valence-corrected chi connectivity index (χ0v) is 14.0. The summed E-state index contributed by atoms with van der Waals surface area (Å²) in [5.41, 5.74) is 2.23. The number of carbonyl (C=O) groups excluding carboxylic acids is 1. The summed E-state index contributed by atoms with van der Waals surface area (Å²) in [5, 5.41) is 0.305. The molecule has 0 fully saturated rings. The van der Waals surface area contributed by atoms with E-state index in [4.69, 9.17) is 11.6 Å². The van der Waals surface area contributed by atoms with Crippen LogP contribution in [0.4, 0.5) is 0 Å². The number of nitrogens with one attached hydrogen (secondary N) is 1. The Kier molecular flexibility index (Phi) is 5.26. The fourth-order valence-electron chi connectivity index (χ4n) is 2.73. The van der Waals surface area contributed by atoms with Gasteiger partial charge in [-0.1, -0.05) is 42.4 Å². The maximum atomic E-state index is 12.5. The van der Waals surface area contributed by atoms with Gasteiger partial charge in [-0.2, -0.15) is 0 Å². The van der Waals surface area contributed by atoms with Gasteiger partial charge in [0.25, 0.3) is 0 Å². The second-order valence-electron chi connectivity index (χ2n) is 5.26. The summed E-state index contributed by atoms with van der Waals surface area (Å²) in [5.74, 6) is -1.07. The summed E-state index contributed by atoms with van der Waals surface area (Å²) >= 11 is 5.87. The molecular weight excluding hydrogens is 324 g/mol. The van der Waals surface area contributed by atoms with Crippen molar-refractivity contribution in [3.05, 3.63) is 47.0 Å². The van der Waals surface area contributed by atoms with E-state index < -0.39 is 21.7 Å². The molecule has 0 aliphatic heterocycles. The van der Waals surface area contributed by atoms with Crippen LogP contribution in [-0.4, -0.2) is 38.6 Å². The van der Waals surface area contributed by atoms with Crippen molar-refractivity contribution in [1.82, 2.24) is 9.62 Å². The van der Waals surface area contributed by atoms with Crippen LogP contribution in [0.1, 0.15) is 23.6 Å². The summed E-state index contributed by atoms with van der Waals surface area (Å²) in [6.45, 7) is 3.77. The number of rotatable bonds is 6. The zero-order chi connectivity index (χ0) is 16.3. The smallest absolute Gasteiger partial charge is 0.240 e. The summed E-state index contributed by atoms with van der Waals surface area (Å²) < 4.78 is 25.5. The highest BCUT2D eigenvalue weighted by molar-refractivity contribution is 7.90. The first kappa shape index (κ1) is 17.0. The molecule has 0 radical (unpaired) electrons. The number of fused-ring (bicyclic) bond motifs is 1. The molecule has 0 bridgehead atoms. The summed E-state index contributed by atoms with van der Waals surface area (Å²) in [6.07, 6.45) is 1.62. The molecule has 0 heterocycles. The first-order valence-corrected chi connectivity index (χ1v) is 8.99. The van der Waals surface area contributed by atoms with E-state index in [9.17, 15) is 13.2 Å². The molecule has 5 nitrogen and oxygen atoms in total. The predicted octanol–water partition coefficient (Wildman–Crippen LogP) is 1.80. The van der Waals surface area contributed by atoms with Crippen molar-refractivity contribution < 1.29 is 13.2 Å². The summed E-state index contributed by atoms with van der Waals surface area (Å²) in [7, 11) is -2.33. The van der Waals surface area contributed by atoms with Gasteiger partial charge >= 0.3 is 0 Å². The van der Waals surface area contributed by atoms with Crippen LogP contribution in [0, 0.1) is 0 Å². The first-order valence-electron chi connectivity index (χ1n) is 6.96. The Labute approximate surface area is 136 Å². The minimum Gasteiger partial charge on any atom is -0.330 e. The van der Waals surface area contributed by atoms with E-state index in [1.807, 2.05) is 24.3 Å². The van der Waals surface area contributed by atoms with Crippen molar-refractivity contribution in [2.24, 2.45) is 0 Å². The summed E-state index contributed by atoms with van der Waals surface area (Å²) in [6, 6.07) is 7.71. The Hall–Kier alpha value is -1.37. The van der Waals surface area contributed by atoms with Crippen molar-refractivity contribution in [2.45, 2.75) is 18.9 Å². The van der Waals surface area contributed by atoms with Gasteiger partial charge in [0.15, 0.2) is 0 Å². The topological polar surface area (TPSA) is 66.5 Å². The van der Waals surface area contributed by atoms with Crippen LogP contribution in [0.5, 0.6) is 0 Å². The highest BCUT2D eigenvalue weighted by Crippen LogP contribution is 2.36. The molecule has 0 unspecified atom stereocenters. The third-order valence-electron chi connectivity index (χ3n) is 3.76. The molecule has 1 aromatic carbocycles. The second-order valence-corrected chi connectivity index (χ2v) is 7.72. The van der Waals surface area contributed by atoms with Gasteiger partial charge in [0, 0.05) is 5.03 Å². The normalized spacial score (nSPS) is 17.1. The molecule has 1 atom stereocenters. The highest BCUT2D eigenvalue weighted by Gasteiger charge is 2.32. The van der Waals surface area contributed by atoms with Crippen molar-refractivity contribution >= 4 is 27.5 Å². The highest BCUT2D eigenvalue weighted by atomic mass is 35.5. The molecule has 1 N–H and O–H groups in total. The van der Waals surface area contributed by atoms with Gasteiger partial charge in [-0.25, -0.2) is 13.1 Å². The van der Waals surface area contributed by atoms with Gasteiger partial charge in [0.1, 0.15) is 5.75 Å². The number of hydrogen-bond donors (Lipinski definition) is 1. The van der Waals surface area contributed by atoms with E-state index >= 15 is 0 Å². The Morgan fingerprint density at radius 3 is 2.77 bits per heavy atom. The average Bonchev–Trinajstić information content (AvgIpc) is 2.88. The predicted molar refractivity (Wildman–Crippen MR) is 87.1 cm³/mol. The van der Waals surface area contributed by atoms with Crippen molar-refractivity contribution in [1.29, 1.82) is 0 Å². The average molecular weight is 343 g/mol. The van der Waals surface area contributed by atoms with Gasteiger partial charge in [0.2, 0.25) is 15.9 Å². The molecule has 1 aliphatic carbocycles. The first-order chi connectivity index (χ1) is 10.3. The van der Waals surface area contributed by atoms with Crippen molar-refractivity contribution in [3.63, 3.8) is 0 Å². The fraction of sp³-hybridized carbons (Fsp3) is 0.400. The van der Waals surface area contributed by atoms with Crippen LogP contribution in [0.3, 0.4) is 0 Å². The molecule has 2 rings (SSSR count). The number of halogens is 1. The number of carbonyl (C=O) groups is 1. The minimum absolute atomic E-state index is 0.138. The van der Waals surface area contributed by atoms with Gasteiger partial charge in [-0.15, -0.1) is 0 Å². The molecule has 1 amide bonds. The largest absolute Gasteiger partial charge is 0.330 e. The van der Waals surface area contributed by atoms with Gasteiger partial charge in [-0.3, -0.25) is 4.79 Å². The third-order valence-corrected chi connectivity index (χ3v) is 5.13. The molecular formula is C15H19ClN2O3S. The molecule has 7 heteroatoms. The van der Waals surface area contributed by atoms with E-state index in [0.29, 0.717) is 5.03 Å². The van der Waals surface area contributed by atoms with E-state index in [-0.39, 0.29) is 12.6 Å². The van der Waals surface area contributed by atoms with Gasteiger partial charge in [-0.05, 0) is 31.0 Å². The van der Waals surface area contributed by atoms with Crippen LogP contribution in [0.2, 0.25) is 0 Å².